The van der Waals surface area contributed by atoms with Gasteiger partial charge in [-0.1, -0.05) is 12.1 Å². The molecule has 15 heavy (non-hydrogen) atoms. The number of halogens is 1. The van der Waals surface area contributed by atoms with E-state index in [1.807, 2.05) is 36.4 Å². The van der Waals surface area contributed by atoms with E-state index in [1.165, 1.54) is 3.57 Å². The summed E-state index contributed by atoms with van der Waals surface area (Å²) in [7, 11) is 0. The molecule has 0 aliphatic heterocycles. The summed E-state index contributed by atoms with van der Waals surface area (Å²) in [4.78, 5) is 0. The van der Waals surface area contributed by atoms with Crippen molar-refractivity contribution < 1.29 is 4.42 Å². The van der Waals surface area contributed by atoms with Crippen LogP contribution in [0.2, 0.25) is 0 Å². The summed E-state index contributed by atoms with van der Waals surface area (Å²) in [5.41, 5.74) is 3.83. The number of hydrazine groups is 1. The second-order valence-corrected chi connectivity index (χ2v) is 4.41. The van der Waals surface area contributed by atoms with Crippen LogP contribution in [-0.2, 0) is 0 Å². The van der Waals surface area contributed by atoms with Gasteiger partial charge in [0.05, 0.1) is 6.26 Å². The van der Waals surface area contributed by atoms with Gasteiger partial charge in [-0.2, -0.15) is 0 Å². The second-order valence-electron chi connectivity index (χ2n) is 3.17. The highest BCUT2D eigenvalue weighted by Gasteiger charge is 2.14. The van der Waals surface area contributed by atoms with Crippen molar-refractivity contribution in [1.82, 2.24) is 5.43 Å². The highest BCUT2D eigenvalue weighted by molar-refractivity contribution is 14.1. The Hall–Kier alpha value is -0.850. The van der Waals surface area contributed by atoms with Crippen LogP contribution in [-0.4, -0.2) is 0 Å². The third-order valence-corrected chi connectivity index (χ3v) is 2.92. The van der Waals surface area contributed by atoms with E-state index in [0.717, 1.165) is 11.3 Å². The highest BCUT2D eigenvalue weighted by atomic mass is 127. The van der Waals surface area contributed by atoms with Crippen molar-refractivity contribution in [3.63, 3.8) is 0 Å². The van der Waals surface area contributed by atoms with Crippen LogP contribution in [0.3, 0.4) is 0 Å². The SMILES string of the molecule is NNC(c1ccc(I)cc1)c1ccco1. The van der Waals surface area contributed by atoms with E-state index >= 15 is 0 Å². The molecular weight excluding hydrogens is 303 g/mol. The first kappa shape index (κ1) is 10.7. The Kier molecular flexibility index (Phi) is 3.40. The minimum atomic E-state index is -0.0861. The Morgan fingerprint density at radius 1 is 1.20 bits per heavy atom. The molecule has 3 nitrogen and oxygen atoms in total. The summed E-state index contributed by atoms with van der Waals surface area (Å²) in [6.07, 6.45) is 1.65. The third-order valence-electron chi connectivity index (χ3n) is 2.20. The van der Waals surface area contributed by atoms with Crippen LogP contribution in [0.1, 0.15) is 17.4 Å². The van der Waals surface area contributed by atoms with Crippen molar-refractivity contribution in [2.24, 2.45) is 5.84 Å². The van der Waals surface area contributed by atoms with Crippen LogP contribution in [0.5, 0.6) is 0 Å². The van der Waals surface area contributed by atoms with E-state index in [4.69, 9.17) is 10.3 Å². The lowest BCUT2D eigenvalue weighted by molar-refractivity contribution is 0.452. The molecule has 4 heteroatoms. The molecule has 78 valence electrons. The first-order valence-electron chi connectivity index (χ1n) is 4.56. The number of nitrogens with one attached hydrogen (secondary N) is 1. The van der Waals surface area contributed by atoms with Gasteiger partial charge in [-0.3, -0.25) is 5.84 Å². The van der Waals surface area contributed by atoms with Gasteiger partial charge in [0, 0.05) is 3.57 Å². The molecule has 0 fully saturated rings. The molecule has 0 aliphatic rings. The summed E-state index contributed by atoms with van der Waals surface area (Å²) in [5.74, 6) is 6.34. The summed E-state index contributed by atoms with van der Waals surface area (Å²) in [6, 6.07) is 11.8. The number of hydrogen-bond acceptors (Lipinski definition) is 3. The average Bonchev–Trinajstić information content (AvgIpc) is 2.75. The van der Waals surface area contributed by atoms with Gasteiger partial charge in [0.2, 0.25) is 0 Å². The summed E-state index contributed by atoms with van der Waals surface area (Å²) in [5, 5.41) is 0. The molecule has 0 spiro atoms. The van der Waals surface area contributed by atoms with Gasteiger partial charge in [0.15, 0.2) is 0 Å². The quantitative estimate of drug-likeness (QED) is 0.520. The largest absolute Gasteiger partial charge is 0.467 e. The predicted molar refractivity (Wildman–Crippen MR) is 67.0 cm³/mol. The number of hydrogen-bond donors (Lipinski definition) is 2. The summed E-state index contributed by atoms with van der Waals surface area (Å²) >= 11 is 2.27. The lowest BCUT2D eigenvalue weighted by Gasteiger charge is -2.13. The van der Waals surface area contributed by atoms with Gasteiger partial charge in [-0.25, -0.2) is 5.43 Å². The number of furan rings is 1. The minimum absolute atomic E-state index is 0.0861. The van der Waals surface area contributed by atoms with Gasteiger partial charge in [-0.05, 0) is 52.4 Å². The number of nitrogens with two attached hydrogens (primary N) is 1. The van der Waals surface area contributed by atoms with Crippen LogP contribution in [0.15, 0.2) is 47.1 Å². The van der Waals surface area contributed by atoms with E-state index in [2.05, 4.69) is 28.0 Å². The van der Waals surface area contributed by atoms with Crippen molar-refractivity contribution in [3.05, 3.63) is 57.6 Å². The van der Waals surface area contributed by atoms with Crippen LogP contribution in [0.25, 0.3) is 0 Å². The fraction of sp³-hybridized carbons (Fsp3) is 0.0909. The lowest BCUT2D eigenvalue weighted by atomic mass is 10.1. The van der Waals surface area contributed by atoms with E-state index in [1.54, 1.807) is 6.26 Å². The molecular formula is C11H11IN2O. The molecule has 0 bridgehead atoms. The Bertz CT molecular complexity index is 411. The lowest BCUT2D eigenvalue weighted by Crippen LogP contribution is -2.28. The van der Waals surface area contributed by atoms with Crippen molar-refractivity contribution in [2.45, 2.75) is 6.04 Å². The molecule has 0 aliphatic carbocycles. The zero-order valence-corrected chi connectivity index (χ0v) is 10.1. The van der Waals surface area contributed by atoms with Crippen molar-refractivity contribution in [1.29, 1.82) is 0 Å². The maximum atomic E-state index is 5.52. The topological polar surface area (TPSA) is 51.2 Å². The average molecular weight is 314 g/mol. The van der Waals surface area contributed by atoms with E-state index < -0.39 is 0 Å². The molecule has 3 N–H and O–H groups in total. The Morgan fingerprint density at radius 2 is 1.93 bits per heavy atom. The Labute approximate surface area is 102 Å². The second kappa shape index (κ2) is 4.78. The van der Waals surface area contributed by atoms with Gasteiger partial charge in [-0.15, -0.1) is 0 Å². The molecule has 1 heterocycles. The summed E-state index contributed by atoms with van der Waals surface area (Å²) in [6.45, 7) is 0. The van der Waals surface area contributed by atoms with Gasteiger partial charge < -0.3 is 4.42 Å². The first-order chi connectivity index (χ1) is 7.31. The Morgan fingerprint density at radius 3 is 2.47 bits per heavy atom. The molecule has 1 aromatic heterocycles. The predicted octanol–water partition coefficient (Wildman–Crippen LogP) is 2.44. The standard InChI is InChI=1S/C11H11IN2O/c12-9-5-3-8(4-6-9)11(14-13)10-2-1-7-15-10/h1-7,11,14H,13H2. The number of rotatable bonds is 3. The molecule has 1 aromatic carbocycles. The zero-order chi connectivity index (χ0) is 10.7. The van der Waals surface area contributed by atoms with Gasteiger partial charge in [0.1, 0.15) is 11.8 Å². The van der Waals surface area contributed by atoms with Gasteiger partial charge >= 0.3 is 0 Å². The van der Waals surface area contributed by atoms with E-state index in [9.17, 15) is 0 Å². The maximum Gasteiger partial charge on any atom is 0.126 e. The molecule has 0 radical (unpaired) electrons. The first-order valence-corrected chi connectivity index (χ1v) is 5.64. The molecule has 2 aromatic rings. The molecule has 2 rings (SSSR count). The molecule has 0 saturated carbocycles. The fourth-order valence-corrected chi connectivity index (χ4v) is 1.81. The molecule has 1 unspecified atom stereocenters. The number of benzene rings is 1. The normalized spacial score (nSPS) is 12.7. The maximum absolute atomic E-state index is 5.52. The smallest absolute Gasteiger partial charge is 0.126 e. The third kappa shape index (κ3) is 2.39. The summed E-state index contributed by atoms with van der Waals surface area (Å²) < 4.78 is 6.53. The monoisotopic (exact) mass is 314 g/mol. The van der Waals surface area contributed by atoms with Crippen molar-refractivity contribution >= 4 is 22.6 Å². The Balaban J connectivity index is 2.31. The van der Waals surface area contributed by atoms with E-state index in [-0.39, 0.29) is 6.04 Å². The minimum Gasteiger partial charge on any atom is -0.467 e. The van der Waals surface area contributed by atoms with Crippen LogP contribution in [0.4, 0.5) is 0 Å². The van der Waals surface area contributed by atoms with Gasteiger partial charge in [0.25, 0.3) is 0 Å². The molecule has 0 amide bonds. The van der Waals surface area contributed by atoms with Crippen molar-refractivity contribution in [2.75, 3.05) is 0 Å². The van der Waals surface area contributed by atoms with E-state index in [0.29, 0.717) is 0 Å². The van der Waals surface area contributed by atoms with Crippen LogP contribution >= 0.6 is 22.6 Å². The molecule has 1 atom stereocenters. The van der Waals surface area contributed by atoms with Crippen LogP contribution < -0.4 is 11.3 Å². The van der Waals surface area contributed by atoms with Crippen LogP contribution in [0, 0.1) is 3.57 Å². The fourth-order valence-electron chi connectivity index (χ4n) is 1.45. The zero-order valence-electron chi connectivity index (χ0n) is 7.98. The van der Waals surface area contributed by atoms with Crippen molar-refractivity contribution in [3.8, 4) is 0 Å². The molecule has 0 saturated heterocycles. The highest BCUT2D eigenvalue weighted by Crippen LogP contribution is 2.22.